The molecule has 10 heteroatoms. The van der Waals surface area contributed by atoms with Crippen LogP contribution in [-0.4, -0.2) is 60.3 Å². The van der Waals surface area contributed by atoms with Crippen molar-refractivity contribution in [2.24, 2.45) is 0 Å². The zero-order chi connectivity index (χ0) is 23.5. The molecule has 1 heterocycles. The minimum absolute atomic E-state index is 0.152. The Hall–Kier alpha value is -2.46. The van der Waals surface area contributed by atoms with E-state index >= 15 is 0 Å². The monoisotopic (exact) mass is 463 g/mol. The number of imidazole rings is 1. The van der Waals surface area contributed by atoms with Gasteiger partial charge in [-0.05, 0) is 44.9 Å². The topological polar surface area (TPSA) is 113 Å². The number of rotatable bonds is 9. The van der Waals surface area contributed by atoms with Crippen LogP contribution in [0.2, 0.25) is 0 Å². The van der Waals surface area contributed by atoms with Gasteiger partial charge in [-0.3, -0.25) is 9.59 Å². The van der Waals surface area contributed by atoms with Crippen LogP contribution >= 0.6 is 0 Å². The van der Waals surface area contributed by atoms with Gasteiger partial charge in [0, 0.05) is 39.5 Å². The first-order valence-corrected chi connectivity index (χ1v) is 12.6. The van der Waals surface area contributed by atoms with Gasteiger partial charge < -0.3 is 15.2 Å². The standard InChI is InChI=1S/C22H33N5O4S/c1-5-27-19-11-10-17(32(30,31)26(3)4)14-18(19)25-20(27)12-13-21(28)23-15(2)22(29)24-16-8-6-7-9-16/h10-11,14-16H,5-9,12-13H2,1-4H3,(H,23,28)(H,24,29). The van der Waals surface area contributed by atoms with Crippen LogP contribution in [0.3, 0.4) is 0 Å². The number of hydrogen-bond donors (Lipinski definition) is 2. The second kappa shape index (κ2) is 9.99. The van der Waals surface area contributed by atoms with Crippen molar-refractivity contribution < 1.29 is 18.0 Å². The molecule has 1 unspecified atom stereocenters. The fraction of sp³-hybridized carbons (Fsp3) is 0.591. The summed E-state index contributed by atoms with van der Waals surface area (Å²) in [6.45, 7) is 4.31. The largest absolute Gasteiger partial charge is 0.352 e. The van der Waals surface area contributed by atoms with Crippen LogP contribution < -0.4 is 10.6 Å². The van der Waals surface area contributed by atoms with Crippen LogP contribution in [0.1, 0.15) is 51.8 Å². The van der Waals surface area contributed by atoms with Crippen LogP contribution in [0.15, 0.2) is 23.1 Å². The summed E-state index contributed by atoms with van der Waals surface area (Å²) in [5, 5.41) is 5.76. The van der Waals surface area contributed by atoms with Crippen molar-refractivity contribution in [1.82, 2.24) is 24.5 Å². The lowest BCUT2D eigenvalue weighted by molar-refractivity contribution is -0.129. The first-order chi connectivity index (χ1) is 15.1. The van der Waals surface area contributed by atoms with Crippen LogP contribution in [0, 0.1) is 0 Å². The summed E-state index contributed by atoms with van der Waals surface area (Å²) in [5.74, 6) is 0.338. The number of nitrogens with zero attached hydrogens (tertiary/aromatic N) is 3. The van der Waals surface area contributed by atoms with E-state index in [9.17, 15) is 18.0 Å². The average Bonchev–Trinajstić information content (AvgIpc) is 3.38. The molecule has 0 aliphatic heterocycles. The van der Waals surface area contributed by atoms with Crippen molar-refractivity contribution >= 4 is 32.9 Å². The van der Waals surface area contributed by atoms with E-state index in [0.29, 0.717) is 24.3 Å². The minimum Gasteiger partial charge on any atom is -0.352 e. The van der Waals surface area contributed by atoms with Crippen molar-refractivity contribution in [3.05, 3.63) is 24.0 Å². The number of carbonyl (C=O) groups is 2. The van der Waals surface area contributed by atoms with Crippen molar-refractivity contribution in [3.63, 3.8) is 0 Å². The molecule has 1 aromatic heterocycles. The van der Waals surface area contributed by atoms with E-state index in [0.717, 1.165) is 31.2 Å². The number of fused-ring (bicyclic) bond motifs is 1. The molecule has 2 N–H and O–H groups in total. The van der Waals surface area contributed by atoms with Crippen LogP contribution in [0.4, 0.5) is 0 Å². The highest BCUT2D eigenvalue weighted by molar-refractivity contribution is 7.89. The summed E-state index contributed by atoms with van der Waals surface area (Å²) >= 11 is 0. The Morgan fingerprint density at radius 1 is 1.25 bits per heavy atom. The maximum Gasteiger partial charge on any atom is 0.242 e. The lowest BCUT2D eigenvalue weighted by atomic mass is 10.2. The van der Waals surface area contributed by atoms with Crippen LogP contribution in [0.25, 0.3) is 11.0 Å². The molecule has 1 atom stereocenters. The maximum absolute atomic E-state index is 12.4. The highest BCUT2D eigenvalue weighted by Crippen LogP contribution is 2.23. The summed E-state index contributed by atoms with van der Waals surface area (Å²) in [6, 6.07) is 4.52. The summed E-state index contributed by atoms with van der Waals surface area (Å²) in [7, 11) is -0.574. The van der Waals surface area contributed by atoms with Gasteiger partial charge in [-0.15, -0.1) is 0 Å². The number of hydrogen-bond acceptors (Lipinski definition) is 5. The van der Waals surface area contributed by atoms with E-state index in [1.165, 1.54) is 18.4 Å². The fourth-order valence-corrected chi connectivity index (χ4v) is 5.00. The lowest BCUT2D eigenvalue weighted by Gasteiger charge is -2.17. The van der Waals surface area contributed by atoms with Gasteiger partial charge in [0.2, 0.25) is 21.8 Å². The molecular formula is C22H33N5O4S. The third-order valence-corrected chi connectivity index (χ3v) is 7.75. The first kappa shape index (κ1) is 24.2. The number of aromatic nitrogens is 2. The molecule has 9 nitrogen and oxygen atoms in total. The predicted octanol–water partition coefficient (Wildman–Crippen LogP) is 1.80. The third kappa shape index (κ3) is 5.29. The quantitative estimate of drug-likeness (QED) is 0.589. The van der Waals surface area contributed by atoms with Crippen LogP contribution in [-0.2, 0) is 32.6 Å². The van der Waals surface area contributed by atoms with Gasteiger partial charge in [0.1, 0.15) is 11.9 Å². The Labute approximate surface area is 189 Å². The summed E-state index contributed by atoms with van der Waals surface area (Å²) in [6.07, 6.45) is 4.84. The van der Waals surface area contributed by atoms with Crippen molar-refractivity contribution in [1.29, 1.82) is 0 Å². The Morgan fingerprint density at radius 2 is 1.94 bits per heavy atom. The molecule has 3 rings (SSSR count). The molecule has 1 fully saturated rings. The molecule has 1 aromatic carbocycles. The van der Waals surface area contributed by atoms with Crippen LogP contribution in [0.5, 0.6) is 0 Å². The normalized spacial score (nSPS) is 15.9. The van der Waals surface area contributed by atoms with Crippen molar-refractivity contribution in [2.45, 2.75) is 75.9 Å². The average molecular weight is 464 g/mol. The molecule has 176 valence electrons. The smallest absolute Gasteiger partial charge is 0.242 e. The molecule has 1 saturated carbocycles. The maximum atomic E-state index is 12.4. The summed E-state index contributed by atoms with van der Waals surface area (Å²) < 4.78 is 28.0. The van der Waals surface area contributed by atoms with Gasteiger partial charge in [0.15, 0.2) is 0 Å². The molecule has 1 aliphatic carbocycles. The molecule has 0 radical (unpaired) electrons. The van der Waals surface area contributed by atoms with Gasteiger partial charge in [-0.25, -0.2) is 17.7 Å². The first-order valence-electron chi connectivity index (χ1n) is 11.1. The summed E-state index contributed by atoms with van der Waals surface area (Å²) in [5.41, 5.74) is 1.40. The van der Waals surface area contributed by atoms with E-state index in [-0.39, 0.29) is 29.2 Å². The van der Waals surface area contributed by atoms with E-state index in [2.05, 4.69) is 15.6 Å². The lowest BCUT2D eigenvalue weighted by Crippen LogP contribution is -2.47. The van der Waals surface area contributed by atoms with Gasteiger partial charge >= 0.3 is 0 Å². The second-order valence-electron chi connectivity index (χ2n) is 8.49. The third-order valence-electron chi connectivity index (χ3n) is 5.94. The van der Waals surface area contributed by atoms with Crippen molar-refractivity contribution in [2.75, 3.05) is 14.1 Å². The Kier molecular flexibility index (Phi) is 7.55. The molecule has 32 heavy (non-hydrogen) atoms. The Bertz CT molecular complexity index is 1090. The molecule has 2 aromatic rings. The van der Waals surface area contributed by atoms with Gasteiger partial charge in [0.25, 0.3) is 0 Å². The highest BCUT2D eigenvalue weighted by Gasteiger charge is 2.22. The van der Waals surface area contributed by atoms with Crippen molar-refractivity contribution in [3.8, 4) is 0 Å². The minimum atomic E-state index is -3.55. The van der Waals surface area contributed by atoms with E-state index in [1.807, 2.05) is 11.5 Å². The number of benzene rings is 1. The van der Waals surface area contributed by atoms with Gasteiger partial charge in [-0.1, -0.05) is 12.8 Å². The Morgan fingerprint density at radius 3 is 2.56 bits per heavy atom. The molecular weight excluding hydrogens is 430 g/mol. The fourth-order valence-electron chi connectivity index (χ4n) is 4.08. The molecule has 2 amide bonds. The SMILES string of the molecule is CCn1c(CCC(=O)NC(C)C(=O)NC2CCCC2)nc2cc(S(=O)(=O)N(C)C)ccc21. The molecule has 0 bridgehead atoms. The van der Waals surface area contributed by atoms with Gasteiger partial charge in [-0.2, -0.15) is 0 Å². The van der Waals surface area contributed by atoms with E-state index in [1.54, 1.807) is 25.1 Å². The molecule has 0 spiro atoms. The number of amides is 2. The number of carbonyl (C=O) groups excluding carboxylic acids is 2. The van der Waals surface area contributed by atoms with Gasteiger partial charge in [0.05, 0.1) is 15.9 Å². The van der Waals surface area contributed by atoms with E-state index < -0.39 is 16.1 Å². The van der Waals surface area contributed by atoms with E-state index in [4.69, 9.17) is 0 Å². The highest BCUT2D eigenvalue weighted by atomic mass is 32.2. The molecule has 1 aliphatic rings. The predicted molar refractivity (Wildman–Crippen MR) is 123 cm³/mol. The number of sulfonamides is 1. The number of aryl methyl sites for hydroxylation is 2. The zero-order valence-electron chi connectivity index (χ0n) is 19.2. The number of nitrogens with one attached hydrogen (secondary N) is 2. The second-order valence-corrected chi connectivity index (χ2v) is 10.6. The molecule has 0 saturated heterocycles. The Balaban J connectivity index is 1.66. The summed E-state index contributed by atoms with van der Waals surface area (Å²) in [4.78, 5) is 29.5. The zero-order valence-corrected chi connectivity index (χ0v) is 20.0.